The van der Waals surface area contributed by atoms with Gasteiger partial charge in [-0.2, -0.15) is 0 Å². The number of hydrogen-bond donors (Lipinski definition) is 1. The number of nitrogens with one attached hydrogen (secondary N) is 1. The number of fused-ring (bicyclic) bond motifs is 1. The molecule has 3 atom stereocenters. The summed E-state index contributed by atoms with van der Waals surface area (Å²) < 4.78 is 24.3. The van der Waals surface area contributed by atoms with E-state index in [2.05, 4.69) is 5.32 Å². The molecule has 1 aliphatic heterocycles. The van der Waals surface area contributed by atoms with Gasteiger partial charge in [-0.1, -0.05) is 6.42 Å². The highest BCUT2D eigenvalue weighted by molar-refractivity contribution is 4.95. The fraction of sp³-hybridized carbons (Fsp3) is 1.00. The Morgan fingerprint density at radius 3 is 2.93 bits per heavy atom. The van der Waals surface area contributed by atoms with E-state index in [9.17, 15) is 8.78 Å². The van der Waals surface area contributed by atoms with E-state index in [1.807, 2.05) is 0 Å². The summed E-state index contributed by atoms with van der Waals surface area (Å²) in [6, 6.07) is 0.446. The molecule has 1 N–H and O–H groups in total. The van der Waals surface area contributed by atoms with Crippen LogP contribution in [0.25, 0.3) is 0 Å². The summed E-state index contributed by atoms with van der Waals surface area (Å²) in [7, 11) is 1.79. The lowest BCUT2D eigenvalue weighted by atomic mass is 9.94. The number of alkyl halides is 2. The van der Waals surface area contributed by atoms with Crippen LogP contribution in [0, 0.1) is 11.8 Å². The van der Waals surface area contributed by atoms with Crippen molar-refractivity contribution in [2.45, 2.75) is 31.7 Å². The molecule has 0 radical (unpaired) electrons. The number of likely N-dealkylation sites (N-methyl/N-ethyl adjacent to an activating group) is 1. The molecule has 3 unspecified atom stereocenters. The molecule has 0 aromatic carbocycles. The summed E-state index contributed by atoms with van der Waals surface area (Å²) in [4.78, 5) is 1.75. The van der Waals surface area contributed by atoms with Gasteiger partial charge in [0.05, 0.1) is 6.54 Å². The molecule has 2 aliphatic rings. The first-order valence-corrected chi connectivity index (χ1v) is 5.87. The molecule has 0 aromatic heterocycles. The van der Waals surface area contributed by atoms with E-state index in [-0.39, 0.29) is 6.54 Å². The van der Waals surface area contributed by atoms with Crippen LogP contribution in [-0.2, 0) is 0 Å². The number of rotatable bonds is 4. The van der Waals surface area contributed by atoms with Crippen LogP contribution in [0.2, 0.25) is 0 Å². The summed E-state index contributed by atoms with van der Waals surface area (Å²) >= 11 is 0. The second-order valence-electron chi connectivity index (χ2n) is 4.98. The first-order valence-electron chi connectivity index (χ1n) is 5.87. The molecular weight excluding hydrogens is 198 g/mol. The molecule has 0 amide bonds. The summed E-state index contributed by atoms with van der Waals surface area (Å²) in [6.45, 7) is 1.76. The maximum absolute atomic E-state index is 12.2. The predicted octanol–water partition coefficient (Wildman–Crippen LogP) is 1.57. The molecule has 1 saturated heterocycles. The Bertz CT molecular complexity index is 211. The Labute approximate surface area is 90.0 Å². The lowest BCUT2D eigenvalue weighted by molar-refractivity contribution is 0.0941. The number of nitrogens with zero attached hydrogens (tertiary/aromatic N) is 1. The Morgan fingerprint density at radius 1 is 1.40 bits per heavy atom. The Morgan fingerprint density at radius 2 is 2.20 bits per heavy atom. The highest BCUT2D eigenvalue weighted by Crippen LogP contribution is 2.37. The molecule has 1 heterocycles. The van der Waals surface area contributed by atoms with Crippen LogP contribution in [0.1, 0.15) is 19.3 Å². The van der Waals surface area contributed by atoms with Crippen molar-refractivity contribution < 1.29 is 8.78 Å². The predicted molar refractivity (Wildman–Crippen MR) is 56.1 cm³/mol. The molecule has 0 aromatic rings. The molecule has 2 nitrogen and oxygen atoms in total. The van der Waals surface area contributed by atoms with Gasteiger partial charge in [0.2, 0.25) is 0 Å². The molecule has 2 fully saturated rings. The van der Waals surface area contributed by atoms with Crippen LogP contribution in [-0.4, -0.2) is 44.0 Å². The highest BCUT2D eigenvalue weighted by Gasteiger charge is 2.39. The van der Waals surface area contributed by atoms with Crippen molar-refractivity contribution >= 4 is 0 Å². The van der Waals surface area contributed by atoms with E-state index >= 15 is 0 Å². The van der Waals surface area contributed by atoms with Crippen molar-refractivity contribution in [1.82, 2.24) is 10.2 Å². The first-order chi connectivity index (χ1) is 7.16. The minimum absolute atomic E-state index is 0.102. The number of hydrogen-bond acceptors (Lipinski definition) is 2. The van der Waals surface area contributed by atoms with Gasteiger partial charge in [-0.15, -0.1) is 0 Å². The highest BCUT2D eigenvalue weighted by atomic mass is 19.3. The zero-order valence-electron chi connectivity index (χ0n) is 9.26. The third kappa shape index (κ3) is 2.67. The number of halogens is 2. The van der Waals surface area contributed by atoms with E-state index in [1.54, 1.807) is 11.9 Å². The summed E-state index contributed by atoms with van der Waals surface area (Å²) in [5, 5.41) is 3.48. The average Bonchev–Trinajstić information content (AvgIpc) is 2.68. The van der Waals surface area contributed by atoms with Gasteiger partial charge in [0, 0.05) is 12.6 Å². The topological polar surface area (TPSA) is 15.3 Å². The van der Waals surface area contributed by atoms with Crippen LogP contribution < -0.4 is 5.32 Å². The minimum Gasteiger partial charge on any atom is -0.312 e. The van der Waals surface area contributed by atoms with Gasteiger partial charge in [-0.25, -0.2) is 8.78 Å². The van der Waals surface area contributed by atoms with Gasteiger partial charge in [0.25, 0.3) is 6.43 Å². The molecule has 0 spiro atoms. The third-order valence-electron chi connectivity index (χ3n) is 3.83. The molecule has 15 heavy (non-hydrogen) atoms. The van der Waals surface area contributed by atoms with E-state index in [1.165, 1.54) is 19.3 Å². The molecule has 1 saturated carbocycles. The fourth-order valence-electron chi connectivity index (χ4n) is 3.15. The lowest BCUT2D eigenvalue weighted by Gasteiger charge is -2.24. The normalized spacial score (nSPS) is 35.4. The van der Waals surface area contributed by atoms with Crippen LogP contribution in [0.3, 0.4) is 0 Å². The SMILES string of the molecule is CN(CC(F)F)CC1NCC2CCCC21. The smallest absolute Gasteiger partial charge is 0.251 e. The van der Waals surface area contributed by atoms with Gasteiger partial charge >= 0.3 is 0 Å². The van der Waals surface area contributed by atoms with Crippen LogP contribution >= 0.6 is 0 Å². The second-order valence-corrected chi connectivity index (χ2v) is 4.98. The Balaban J connectivity index is 1.79. The van der Waals surface area contributed by atoms with Crippen molar-refractivity contribution in [2.24, 2.45) is 11.8 Å². The minimum atomic E-state index is -2.21. The average molecular weight is 218 g/mol. The lowest BCUT2D eigenvalue weighted by Crippen LogP contribution is -2.40. The largest absolute Gasteiger partial charge is 0.312 e. The zero-order chi connectivity index (χ0) is 10.8. The van der Waals surface area contributed by atoms with E-state index < -0.39 is 6.43 Å². The van der Waals surface area contributed by atoms with Gasteiger partial charge in [-0.3, -0.25) is 4.90 Å². The molecule has 1 aliphatic carbocycles. The molecule has 0 bridgehead atoms. The van der Waals surface area contributed by atoms with E-state index in [0.29, 0.717) is 6.04 Å². The van der Waals surface area contributed by atoms with Crippen molar-refractivity contribution in [2.75, 3.05) is 26.7 Å². The monoisotopic (exact) mass is 218 g/mol. The van der Waals surface area contributed by atoms with Crippen LogP contribution in [0.15, 0.2) is 0 Å². The fourth-order valence-corrected chi connectivity index (χ4v) is 3.15. The van der Waals surface area contributed by atoms with Crippen LogP contribution in [0.5, 0.6) is 0 Å². The molecule has 88 valence electrons. The van der Waals surface area contributed by atoms with Gasteiger partial charge < -0.3 is 5.32 Å². The quantitative estimate of drug-likeness (QED) is 0.770. The van der Waals surface area contributed by atoms with Gasteiger partial charge in [-0.05, 0) is 38.3 Å². The summed E-state index contributed by atoms with van der Waals surface area (Å²) in [5.74, 6) is 1.56. The molecular formula is C11H20F2N2. The summed E-state index contributed by atoms with van der Waals surface area (Å²) in [5.41, 5.74) is 0. The van der Waals surface area contributed by atoms with Gasteiger partial charge in [0.1, 0.15) is 0 Å². The Hall–Kier alpha value is -0.220. The van der Waals surface area contributed by atoms with Crippen LogP contribution in [0.4, 0.5) is 8.78 Å². The standard InChI is InChI=1S/C11H20F2N2/c1-15(7-11(12)13)6-10-9-4-2-3-8(9)5-14-10/h8-11,14H,2-7H2,1H3. The first kappa shape index (κ1) is 11.3. The van der Waals surface area contributed by atoms with E-state index in [0.717, 1.165) is 24.9 Å². The maximum atomic E-state index is 12.2. The zero-order valence-corrected chi connectivity index (χ0v) is 9.26. The van der Waals surface area contributed by atoms with Gasteiger partial charge in [0.15, 0.2) is 0 Å². The Kier molecular flexibility index (Phi) is 3.57. The van der Waals surface area contributed by atoms with Crippen molar-refractivity contribution in [1.29, 1.82) is 0 Å². The third-order valence-corrected chi connectivity index (χ3v) is 3.83. The van der Waals surface area contributed by atoms with Crippen molar-refractivity contribution in [3.63, 3.8) is 0 Å². The van der Waals surface area contributed by atoms with E-state index in [4.69, 9.17) is 0 Å². The maximum Gasteiger partial charge on any atom is 0.251 e. The van der Waals surface area contributed by atoms with Crippen molar-refractivity contribution in [3.05, 3.63) is 0 Å². The molecule has 4 heteroatoms. The van der Waals surface area contributed by atoms with Crippen molar-refractivity contribution in [3.8, 4) is 0 Å². The second kappa shape index (κ2) is 4.74. The molecule has 2 rings (SSSR count). The summed E-state index contributed by atoms with van der Waals surface area (Å²) in [6.07, 6.45) is 1.72.